The van der Waals surface area contributed by atoms with Gasteiger partial charge in [-0.25, -0.2) is 0 Å². The Morgan fingerprint density at radius 2 is 2.22 bits per heavy atom. The van der Waals surface area contributed by atoms with Crippen molar-refractivity contribution in [3.63, 3.8) is 0 Å². The van der Waals surface area contributed by atoms with Crippen LogP contribution in [0.5, 0.6) is 0 Å². The number of amides is 1. The summed E-state index contributed by atoms with van der Waals surface area (Å²) in [7, 11) is 0. The van der Waals surface area contributed by atoms with E-state index in [4.69, 9.17) is 0 Å². The van der Waals surface area contributed by atoms with E-state index in [-0.39, 0.29) is 5.91 Å². The lowest BCUT2D eigenvalue weighted by Crippen LogP contribution is -2.27. The van der Waals surface area contributed by atoms with Gasteiger partial charge in [-0.2, -0.15) is 9.61 Å². The average Bonchev–Trinajstić information content (AvgIpc) is 3.31. The Balaban J connectivity index is 1.56. The maximum absolute atomic E-state index is 11.8. The summed E-state index contributed by atoms with van der Waals surface area (Å²) in [6, 6.07) is 7.92. The van der Waals surface area contributed by atoms with Crippen LogP contribution in [0.25, 0.3) is 16.9 Å². The molecule has 0 radical (unpaired) electrons. The quantitative estimate of drug-likeness (QED) is 0.716. The highest BCUT2D eigenvalue weighted by atomic mass is 32.2. The molecule has 0 aliphatic heterocycles. The van der Waals surface area contributed by atoms with E-state index < -0.39 is 0 Å². The van der Waals surface area contributed by atoms with E-state index in [1.807, 2.05) is 24.3 Å². The maximum Gasteiger partial charge on any atom is 0.230 e. The van der Waals surface area contributed by atoms with Crippen molar-refractivity contribution >= 4 is 23.3 Å². The molecule has 4 rings (SSSR count). The Hall–Kier alpha value is -2.48. The van der Waals surface area contributed by atoms with Crippen LogP contribution in [-0.4, -0.2) is 42.5 Å². The van der Waals surface area contributed by atoms with E-state index in [0.29, 0.717) is 22.6 Å². The van der Waals surface area contributed by atoms with E-state index in [2.05, 4.69) is 25.6 Å². The number of carbonyl (C=O) groups excluding carboxylic acids is 1. The third-order valence-corrected chi connectivity index (χ3v) is 4.39. The number of aromatic nitrogens is 5. The van der Waals surface area contributed by atoms with Gasteiger partial charge in [0.2, 0.25) is 11.1 Å². The van der Waals surface area contributed by atoms with Crippen molar-refractivity contribution in [3.8, 4) is 11.3 Å². The van der Waals surface area contributed by atoms with E-state index in [1.54, 1.807) is 16.9 Å². The van der Waals surface area contributed by atoms with Gasteiger partial charge in [-0.1, -0.05) is 11.8 Å². The Morgan fingerprint density at radius 3 is 3.00 bits per heavy atom. The summed E-state index contributed by atoms with van der Waals surface area (Å²) in [5, 5.41) is 16.3. The van der Waals surface area contributed by atoms with E-state index in [1.165, 1.54) is 11.8 Å². The fourth-order valence-electron chi connectivity index (χ4n) is 2.15. The first-order valence-electron chi connectivity index (χ1n) is 7.34. The zero-order valence-corrected chi connectivity index (χ0v) is 13.0. The largest absolute Gasteiger partial charge is 0.353 e. The van der Waals surface area contributed by atoms with Crippen molar-refractivity contribution in [2.45, 2.75) is 24.0 Å². The van der Waals surface area contributed by atoms with Gasteiger partial charge in [-0.3, -0.25) is 9.78 Å². The Bertz CT molecular complexity index is 846. The van der Waals surface area contributed by atoms with Gasteiger partial charge in [-0.05, 0) is 37.1 Å². The van der Waals surface area contributed by atoms with Crippen LogP contribution in [-0.2, 0) is 4.79 Å². The minimum absolute atomic E-state index is 0.0256. The third kappa shape index (κ3) is 3.16. The first kappa shape index (κ1) is 14.1. The van der Waals surface area contributed by atoms with Crippen molar-refractivity contribution in [3.05, 3.63) is 36.7 Å². The third-order valence-electron chi connectivity index (χ3n) is 3.47. The molecular formula is C15H14N6OS. The maximum atomic E-state index is 11.8. The topological polar surface area (TPSA) is 85.1 Å². The average molecular weight is 326 g/mol. The molecule has 1 fully saturated rings. The Kier molecular flexibility index (Phi) is 3.66. The highest BCUT2D eigenvalue weighted by Crippen LogP contribution is 2.21. The molecule has 0 aromatic carbocycles. The molecular weight excluding hydrogens is 312 g/mol. The Labute approximate surface area is 136 Å². The van der Waals surface area contributed by atoms with Crippen LogP contribution >= 0.6 is 11.8 Å². The van der Waals surface area contributed by atoms with Gasteiger partial charge in [0.25, 0.3) is 0 Å². The molecule has 0 atom stereocenters. The predicted octanol–water partition coefficient (Wildman–Crippen LogP) is 1.56. The number of nitrogens with one attached hydrogen (secondary N) is 1. The summed E-state index contributed by atoms with van der Waals surface area (Å²) in [5.41, 5.74) is 2.36. The van der Waals surface area contributed by atoms with Gasteiger partial charge in [0.05, 0.1) is 11.4 Å². The second kappa shape index (κ2) is 5.96. The van der Waals surface area contributed by atoms with Crippen LogP contribution in [0.15, 0.2) is 41.8 Å². The molecule has 0 saturated heterocycles. The van der Waals surface area contributed by atoms with Gasteiger partial charge in [-0.15, -0.1) is 10.2 Å². The summed E-state index contributed by atoms with van der Waals surface area (Å²) >= 11 is 1.34. The predicted molar refractivity (Wildman–Crippen MR) is 85.9 cm³/mol. The minimum atomic E-state index is 0.0256. The Morgan fingerprint density at radius 1 is 1.30 bits per heavy atom. The molecule has 1 N–H and O–H groups in total. The van der Waals surface area contributed by atoms with Crippen LogP contribution in [0, 0.1) is 0 Å². The zero-order chi connectivity index (χ0) is 15.6. The van der Waals surface area contributed by atoms with Crippen LogP contribution in [0.2, 0.25) is 0 Å². The molecule has 0 spiro atoms. The number of fused-ring (bicyclic) bond motifs is 1. The van der Waals surface area contributed by atoms with Gasteiger partial charge >= 0.3 is 0 Å². The molecule has 1 aliphatic carbocycles. The molecule has 23 heavy (non-hydrogen) atoms. The SMILES string of the molecule is O=C(CSc1nnc2ccc(-c3cccnc3)nn12)NC1CC1. The normalized spacial score (nSPS) is 14.1. The number of carbonyl (C=O) groups is 1. The van der Waals surface area contributed by atoms with E-state index in [0.717, 1.165) is 24.1 Å². The highest BCUT2D eigenvalue weighted by molar-refractivity contribution is 7.99. The molecule has 0 unspecified atom stereocenters. The first-order valence-corrected chi connectivity index (χ1v) is 8.33. The van der Waals surface area contributed by atoms with Crippen molar-refractivity contribution in [2.24, 2.45) is 0 Å². The second-order valence-electron chi connectivity index (χ2n) is 5.34. The van der Waals surface area contributed by atoms with Gasteiger partial charge in [0.15, 0.2) is 5.65 Å². The number of rotatable bonds is 5. The van der Waals surface area contributed by atoms with E-state index in [9.17, 15) is 4.79 Å². The highest BCUT2D eigenvalue weighted by Gasteiger charge is 2.23. The number of nitrogens with zero attached hydrogens (tertiary/aromatic N) is 5. The number of hydrogen-bond donors (Lipinski definition) is 1. The molecule has 8 heteroatoms. The molecule has 3 heterocycles. The van der Waals surface area contributed by atoms with Crippen molar-refractivity contribution < 1.29 is 4.79 Å². The number of hydrogen-bond acceptors (Lipinski definition) is 6. The summed E-state index contributed by atoms with van der Waals surface area (Å²) in [6.45, 7) is 0. The molecule has 0 bridgehead atoms. The van der Waals surface area contributed by atoms with Crippen molar-refractivity contribution in [1.82, 2.24) is 30.1 Å². The van der Waals surface area contributed by atoms with Gasteiger partial charge in [0, 0.05) is 24.0 Å². The second-order valence-corrected chi connectivity index (χ2v) is 6.29. The molecule has 3 aromatic rings. The summed E-state index contributed by atoms with van der Waals surface area (Å²) in [6.07, 6.45) is 5.65. The molecule has 1 aliphatic rings. The van der Waals surface area contributed by atoms with Crippen LogP contribution < -0.4 is 5.32 Å². The lowest BCUT2D eigenvalue weighted by Gasteiger charge is -2.03. The lowest BCUT2D eigenvalue weighted by atomic mass is 10.2. The van der Waals surface area contributed by atoms with Gasteiger partial charge < -0.3 is 5.32 Å². The molecule has 1 amide bonds. The summed E-state index contributed by atoms with van der Waals surface area (Å²) in [5.74, 6) is 0.341. The number of thioether (sulfide) groups is 1. The zero-order valence-electron chi connectivity index (χ0n) is 12.2. The molecule has 116 valence electrons. The van der Waals surface area contributed by atoms with Crippen LogP contribution in [0.3, 0.4) is 0 Å². The fourth-order valence-corrected chi connectivity index (χ4v) is 2.85. The molecule has 3 aromatic heterocycles. The first-order chi connectivity index (χ1) is 11.3. The standard InChI is InChI=1S/C15H14N6OS/c22-14(17-11-3-4-11)9-23-15-19-18-13-6-5-12(20-21(13)15)10-2-1-7-16-8-10/h1-2,5-8,11H,3-4,9H2,(H,17,22). The summed E-state index contributed by atoms with van der Waals surface area (Å²) in [4.78, 5) is 15.9. The van der Waals surface area contributed by atoms with Crippen molar-refractivity contribution in [2.75, 3.05) is 5.75 Å². The smallest absolute Gasteiger partial charge is 0.230 e. The summed E-state index contributed by atoms with van der Waals surface area (Å²) < 4.78 is 1.66. The molecule has 1 saturated carbocycles. The number of pyridine rings is 1. The van der Waals surface area contributed by atoms with Crippen molar-refractivity contribution in [1.29, 1.82) is 0 Å². The van der Waals surface area contributed by atoms with Crippen LogP contribution in [0.1, 0.15) is 12.8 Å². The van der Waals surface area contributed by atoms with Gasteiger partial charge in [0.1, 0.15) is 0 Å². The lowest BCUT2D eigenvalue weighted by molar-refractivity contribution is -0.118. The van der Waals surface area contributed by atoms with E-state index >= 15 is 0 Å². The van der Waals surface area contributed by atoms with Crippen LogP contribution in [0.4, 0.5) is 0 Å². The fraction of sp³-hybridized carbons (Fsp3) is 0.267. The molecule has 7 nitrogen and oxygen atoms in total. The minimum Gasteiger partial charge on any atom is -0.353 e. The monoisotopic (exact) mass is 326 g/mol.